The summed E-state index contributed by atoms with van der Waals surface area (Å²) in [5.74, 6) is 1.67. The molecule has 2 saturated heterocycles. The predicted octanol–water partition coefficient (Wildman–Crippen LogP) is 1.37. The maximum Gasteiger partial charge on any atom is 0.475 e. The van der Waals surface area contributed by atoms with Crippen LogP contribution in [0.4, 0.5) is 0 Å². The van der Waals surface area contributed by atoms with Gasteiger partial charge in [-0.15, -0.1) is 0 Å². The first kappa shape index (κ1) is 13.6. The maximum atomic E-state index is 9.26. The predicted molar refractivity (Wildman–Crippen MR) is 77.1 cm³/mol. The van der Waals surface area contributed by atoms with E-state index in [4.69, 9.17) is 9.31 Å². The first-order valence-corrected chi connectivity index (χ1v) is 8.15. The second-order valence-corrected chi connectivity index (χ2v) is 8.07. The molecule has 6 atom stereocenters. The molecule has 0 spiro atoms. The SMILES string of the molecule is CC1(C)C2CC1[C@]1(C)OB(C3CCC(CO)N3)O[C@@H]1C2. The molecule has 2 bridgehead atoms. The van der Waals surface area contributed by atoms with Gasteiger partial charge in [0.15, 0.2) is 0 Å². The molecule has 0 aromatic carbocycles. The van der Waals surface area contributed by atoms with E-state index in [1.165, 1.54) is 6.42 Å². The number of aliphatic hydroxyl groups excluding tert-OH is 1. The minimum atomic E-state index is -0.128. The Labute approximate surface area is 121 Å². The molecular formula is C15H26BNO3. The topological polar surface area (TPSA) is 50.7 Å². The number of nitrogens with one attached hydrogen (secondary N) is 1. The minimum absolute atomic E-state index is 0.109. The van der Waals surface area contributed by atoms with Gasteiger partial charge in [0.05, 0.1) is 18.3 Å². The van der Waals surface area contributed by atoms with Crippen molar-refractivity contribution in [2.75, 3.05) is 6.61 Å². The molecule has 2 aliphatic heterocycles. The Morgan fingerprint density at radius 1 is 1.25 bits per heavy atom. The number of hydrogen-bond acceptors (Lipinski definition) is 4. The molecule has 0 aromatic rings. The Balaban J connectivity index is 1.50. The molecule has 112 valence electrons. The molecule has 5 aliphatic rings. The lowest BCUT2D eigenvalue weighted by molar-refractivity contribution is -0.199. The molecule has 3 aliphatic carbocycles. The molecule has 5 rings (SSSR count). The highest BCUT2D eigenvalue weighted by atomic mass is 16.7. The highest BCUT2D eigenvalue weighted by Crippen LogP contribution is 2.65. The van der Waals surface area contributed by atoms with E-state index >= 15 is 0 Å². The molecule has 0 radical (unpaired) electrons. The summed E-state index contributed by atoms with van der Waals surface area (Å²) in [7, 11) is -0.128. The molecule has 4 unspecified atom stereocenters. The van der Waals surface area contributed by atoms with Crippen LogP contribution in [0.1, 0.15) is 46.5 Å². The molecule has 4 nitrogen and oxygen atoms in total. The van der Waals surface area contributed by atoms with Crippen molar-refractivity contribution < 1.29 is 14.4 Å². The van der Waals surface area contributed by atoms with Crippen molar-refractivity contribution in [3.8, 4) is 0 Å². The Hall–Kier alpha value is -0.0951. The summed E-state index contributed by atoms with van der Waals surface area (Å²) in [4.78, 5) is 0. The van der Waals surface area contributed by atoms with Crippen LogP contribution in [0.2, 0.25) is 0 Å². The van der Waals surface area contributed by atoms with Crippen LogP contribution in [0, 0.1) is 17.3 Å². The fourth-order valence-electron chi connectivity index (χ4n) is 5.28. The quantitative estimate of drug-likeness (QED) is 0.750. The first-order chi connectivity index (χ1) is 9.45. The summed E-state index contributed by atoms with van der Waals surface area (Å²) in [6.45, 7) is 7.25. The van der Waals surface area contributed by atoms with E-state index < -0.39 is 0 Å². The van der Waals surface area contributed by atoms with Gasteiger partial charge in [-0.2, -0.15) is 0 Å². The van der Waals surface area contributed by atoms with Crippen LogP contribution in [0.25, 0.3) is 0 Å². The molecule has 5 fully saturated rings. The van der Waals surface area contributed by atoms with E-state index in [1.807, 2.05) is 0 Å². The molecule has 3 saturated carbocycles. The van der Waals surface area contributed by atoms with Gasteiger partial charge in [-0.1, -0.05) is 13.8 Å². The van der Waals surface area contributed by atoms with Crippen molar-refractivity contribution in [2.24, 2.45) is 17.3 Å². The van der Waals surface area contributed by atoms with E-state index in [-0.39, 0.29) is 37.4 Å². The van der Waals surface area contributed by atoms with Gasteiger partial charge in [-0.05, 0) is 49.9 Å². The van der Waals surface area contributed by atoms with Crippen molar-refractivity contribution in [1.82, 2.24) is 5.32 Å². The van der Waals surface area contributed by atoms with Gasteiger partial charge in [-0.25, -0.2) is 0 Å². The molecule has 0 amide bonds. The van der Waals surface area contributed by atoms with Crippen LogP contribution in [0.5, 0.6) is 0 Å². The fourth-order valence-corrected chi connectivity index (χ4v) is 5.28. The number of aliphatic hydroxyl groups is 1. The second kappa shape index (κ2) is 4.22. The van der Waals surface area contributed by atoms with Gasteiger partial charge in [0.2, 0.25) is 0 Å². The third kappa shape index (κ3) is 1.64. The summed E-state index contributed by atoms with van der Waals surface area (Å²) in [5.41, 5.74) is 0.294. The van der Waals surface area contributed by atoms with E-state index in [2.05, 4.69) is 26.1 Å². The van der Waals surface area contributed by atoms with Crippen LogP contribution in [-0.4, -0.2) is 42.5 Å². The van der Waals surface area contributed by atoms with Crippen molar-refractivity contribution in [3.63, 3.8) is 0 Å². The Kier molecular flexibility index (Phi) is 2.86. The highest BCUT2D eigenvalue weighted by Gasteiger charge is 2.68. The Bertz CT molecular complexity index is 418. The van der Waals surface area contributed by atoms with Crippen LogP contribution >= 0.6 is 0 Å². The molecule has 2 heterocycles. The molecule has 20 heavy (non-hydrogen) atoms. The average molecular weight is 279 g/mol. The van der Waals surface area contributed by atoms with Crippen molar-refractivity contribution in [2.45, 2.75) is 70.1 Å². The fraction of sp³-hybridized carbons (Fsp3) is 1.00. The van der Waals surface area contributed by atoms with Crippen molar-refractivity contribution in [1.29, 1.82) is 0 Å². The average Bonchev–Trinajstić information content (AvgIpc) is 3.00. The number of hydrogen-bond donors (Lipinski definition) is 2. The summed E-state index contributed by atoms with van der Waals surface area (Å²) in [5, 5.41) is 12.7. The lowest BCUT2D eigenvalue weighted by atomic mass is 9.43. The van der Waals surface area contributed by atoms with Crippen LogP contribution in [0.15, 0.2) is 0 Å². The molecular weight excluding hydrogens is 253 g/mol. The third-order valence-electron chi connectivity index (χ3n) is 6.79. The van der Waals surface area contributed by atoms with Gasteiger partial charge in [0.1, 0.15) is 0 Å². The van der Waals surface area contributed by atoms with Gasteiger partial charge in [-0.3, -0.25) is 0 Å². The van der Waals surface area contributed by atoms with Crippen molar-refractivity contribution >= 4 is 7.12 Å². The first-order valence-electron chi connectivity index (χ1n) is 8.15. The van der Waals surface area contributed by atoms with Gasteiger partial charge in [0, 0.05) is 12.0 Å². The zero-order valence-corrected chi connectivity index (χ0v) is 12.8. The summed E-state index contributed by atoms with van der Waals surface area (Å²) in [6, 6.07) is 0.216. The zero-order valence-electron chi connectivity index (χ0n) is 12.8. The van der Waals surface area contributed by atoms with Gasteiger partial charge < -0.3 is 19.7 Å². The summed E-state index contributed by atoms with van der Waals surface area (Å²) >= 11 is 0. The summed E-state index contributed by atoms with van der Waals surface area (Å²) in [6.07, 6.45) is 4.76. The van der Waals surface area contributed by atoms with Crippen LogP contribution in [-0.2, 0) is 9.31 Å². The largest absolute Gasteiger partial charge is 0.475 e. The Morgan fingerprint density at radius 2 is 2.05 bits per heavy atom. The van der Waals surface area contributed by atoms with E-state index in [9.17, 15) is 5.11 Å². The lowest BCUT2D eigenvalue weighted by Crippen LogP contribution is -2.65. The lowest BCUT2D eigenvalue weighted by Gasteiger charge is -2.64. The summed E-state index contributed by atoms with van der Waals surface area (Å²) < 4.78 is 12.7. The minimum Gasteiger partial charge on any atom is -0.404 e. The normalized spacial score (nSPS) is 52.8. The van der Waals surface area contributed by atoms with Crippen molar-refractivity contribution in [3.05, 3.63) is 0 Å². The van der Waals surface area contributed by atoms with E-state index in [0.29, 0.717) is 11.3 Å². The van der Waals surface area contributed by atoms with E-state index in [0.717, 1.165) is 25.2 Å². The molecule has 2 N–H and O–H groups in total. The monoisotopic (exact) mass is 279 g/mol. The van der Waals surface area contributed by atoms with Crippen LogP contribution < -0.4 is 5.32 Å². The van der Waals surface area contributed by atoms with Crippen LogP contribution in [0.3, 0.4) is 0 Å². The maximum absolute atomic E-state index is 9.26. The smallest absolute Gasteiger partial charge is 0.404 e. The second-order valence-electron chi connectivity index (χ2n) is 8.07. The van der Waals surface area contributed by atoms with Gasteiger partial charge >= 0.3 is 7.12 Å². The number of rotatable bonds is 2. The standard InChI is InChI=1S/C15H26BNO3/c1-14(2)9-6-11(14)15(3)12(7-9)19-16(20-15)13-5-4-10(8-18)17-13/h9-13,17-18H,4-8H2,1-3H3/t9?,10?,11?,12-,13?,15+/m1/s1. The Morgan fingerprint density at radius 3 is 2.70 bits per heavy atom. The molecule has 5 heteroatoms. The molecule has 0 aromatic heterocycles. The zero-order chi connectivity index (χ0) is 14.1. The van der Waals surface area contributed by atoms with E-state index in [1.54, 1.807) is 0 Å². The highest BCUT2D eigenvalue weighted by molar-refractivity contribution is 6.47. The third-order valence-corrected chi connectivity index (χ3v) is 6.79. The van der Waals surface area contributed by atoms with Gasteiger partial charge in [0.25, 0.3) is 0 Å².